The maximum Gasteiger partial charge on any atom is 0.244 e. The summed E-state index contributed by atoms with van der Waals surface area (Å²) in [5, 5.41) is 0. The summed E-state index contributed by atoms with van der Waals surface area (Å²) in [7, 11) is 0. The van der Waals surface area contributed by atoms with Crippen LogP contribution in [0.15, 0.2) is 18.2 Å². The summed E-state index contributed by atoms with van der Waals surface area (Å²) in [6.45, 7) is 1.72. The summed E-state index contributed by atoms with van der Waals surface area (Å²) < 4.78 is 13.3. The molecule has 3 nitrogen and oxygen atoms in total. The number of amides is 1. The molecule has 0 radical (unpaired) electrons. The Morgan fingerprint density at radius 1 is 1.33 bits per heavy atom. The van der Waals surface area contributed by atoms with Crippen molar-refractivity contribution in [3.63, 3.8) is 0 Å². The fraction of sp³-hybridized carbons (Fsp3) is 0.500. The van der Waals surface area contributed by atoms with Gasteiger partial charge < -0.3 is 0 Å². The van der Waals surface area contributed by atoms with Crippen LogP contribution in [-0.2, 0) is 10.2 Å². The van der Waals surface area contributed by atoms with E-state index in [1.807, 2.05) is 0 Å². The Hall–Kier alpha value is -1.42. The monoisotopic (exact) mass is 250 g/mol. The SMILES string of the molecule is Cc1cc(C2(C(=O)NN)CCCCC2)ccc1F. The van der Waals surface area contributed by atoms with Gasteiger partial charge in [-0.1, -0.05) is 31.4 Å². The van der Waals surface area contributed by atoms with Gasteiger partial charge in [-0.05, 0) is 37.0 Å². The van der Waals surface area contributed by atoms with Gasteiger partial charge >= 0.3 is 0 Å². The average molecular weight is 250 g/mol. The first-order valence-electron chi connectivity index (χ1n) is 6.38. The van der Waals surface area contributed by atoms with Crippen LogP contribution < -0.4 is 11.3 Å². The number of aryl methyl sites for hydroxylation is 1. The Kier molecular flexibility index (Phi) is 3.66. The number of hydrogen-bond donors (Lipinski definition) is 2. The molecule has 0 atom stereocenters. The summed E-state index contributed by atoms with van der Waals surface area (Å²) in [6.07, 6.45) is 4.70. The fourth-order valence-corrected chi connectivity index (χ4v) is 2.88. The highest BCUT2D eigenvalue weighted by atomic mass is 19.1. The van der Waals surface area contributed by atoms with Crippen LogP contribution in [0.4, 0.5) is 4.39 Å². The lowest BCUT2D eigenvalue weighted by atomic mass is 9.68. The molecule has 1 aromatic carbocycles. The van der Waals surface area contributed by atoms with Gasteiger partial charge in [-0.15, -0.1) is 0 Å². The summed E-state index contributed by atoms with van der Waals surface area (Å²) in [6, 6.07) is 4.92. The van der Waals surface area contributed by atoms with E-state index in [1.165, 1.54) is 6.07 Å². The highest BCUT2D eigenvalue weighted by Gasteiger charge is 2.40. The van der Waals surface area contributed by atoms with E-state index in [4.69, 9.17) is 5.84 Å². The van der Waals surface area contributed by atoms with E-state index in [1.54, 1.807) is 19.1 Å². The van der Waals surface area contributed by atoms with E-state index in [9.17, 15) is 9.18 Å². The number of rotatable bonds is 2. The quantitative estimate of drug-likeness (QED) is 0.481. The second-order valence-electron chi connectivity index (χ2n) is 5.08. The van der Waals surface area contributed by atoms with Crippen LogP contribution in [0.2, 0.25) is 0 Å². The first-order valence-corrected chi connectivity index (χ1v) is 6.38. The molecule has 98 valence electrons. The molecule has 0 bridgehead atoms. The molecule has 1 amide bonds. The molecular formula is C14H19FN2O. The molecule has 0 unspecified atom stereocenters. The number of carbonyl (C=O) groups is 1. The van der Waals surface area contributed by atoms with Gasteiger partial charge in [-0.3, -0.25) is 10.2 Å². The minimum atomic E-state index is -0.578. The standard InChI is InChI=1S/C14H19FN2O/c1-10-9-11(5-6-12(10)15)14(13(18)17-16)7-3-2-4-8-14/h5-6,9H,2-4,7-8,16H2,1H3,(H,17,18). The van der Waals surface area contributed by atoms with E-state index in [-0.39, 0.29) is 11.7 Å². The second kappa shape index (κ2) is 5.06. The second-order valence-corrected chi connectivity index (χ2v) is 5.08. The molecule has 1 aromatic rings. The van der Waals surface area contributed by atoms with Crippen molar-refractivity contribution < 1.29 is 9.18 Å². The van der Waals surface area contributed by atoms with Crippen molar-refractivity contribution in [2.24, 2.45) is 5.84 Å². The Morgan fingerprint density at radius 2 is 2.00 bits per heavy atom. The zero-order valence-electron chi connectivity index (χ0n) is 10.6. The largest absolute Gasteiger partial charge is 0.293 e. The Bertz CT molecular complexity index is 453. The number of carbonyl (C=O) groups excluding carboxylic acids is 1. The van der Waals surface area contributed by atoms with Gasteiger partial charge in [0.1, 0.15) is 5.82 Å². The number of hydrazine groups is 1. The van der Waals surface area contributed by atoms with Gasteiger partial charge in [0.05, 0.1) is 5.41 Å². The van der Waals surface area contributed by atoms with Crippen LogP contribution in [0.25, 0.3) is 0 Å². The minimum absolute atomic E-state index is 0.159. The van der Waals surface area contributed by atoms with Gasteiger partial charge in [-0.2, -0.15) is 0 Å². The van der Waals surface area contributed by atoms with Crippen LogP contribution >= 0.6 is 0 Å². The molecule has 1 aliphatic carbocycles. The predicted molar refractivity (Wildman–Crippen MR) is 68.2 cm³/mol. The molecule has 0 saturated heterocycles. The minimum Gasteiger partial charge on any atom is -0.293 e. The summed E-state index contributed by atoms with van der Waals surface area (Å²) in [5.74, 6) is 4.92. The molecule has 0 aromatic heterocycles. The molecule has 3 N–H and O–H groups in total. The maximum absolute atomic E-state index is 13.3. The van der Waals surface area contributed by atoms with Crippen molar-refractivity contribution in [1.82, 2.24) is 5.43 Å². The van der Waals surface area contributed by atoms with Gasteiger partial charge in [0.2, 0.25) is 5.91 Å². The number of hydrogen-bond acceptors (Lipinski definition) is 2. The normalized spacial score (nSPS) is 18.4. The Morgan fingerprint density at radius 3 is 2.56 bits per heavy atom. The van der Waals surface area contributed by atoms with Crippen molar-refractivity contribution in [2.75, 3.05) is 0 Å². The number of benzene rings is 1. The van der Waals surface area contributed by atoms with Gasteiger partial charge in [0.25, 0.3) is 0 Å². The molecular weight excluding hydrogens is 231 g/mol. The molecule has 1 aliphatic rings. The summed E-state index contributed by atoms with van der Waals surface area (Å²) in [4.78, 5) is 12.2. The average Bonchev–Trinajstić information content (AvgIpc) is 2.41. The molecule has 1 fully saturated rings. The molecule has 4 heteroatoms. The zero-order chi connectivity index (χ0) is 13.2. The third kappa shape index (κ3) is 2.12. The van der Waals surface area contributed by atoms with Crippen LogP contribution in [0.3, 0.4) is 0 Å². The fourth-order valence-electron chi connectivity index (χ4n) is 2.88. The van der Waals surface area contributed by atoms with Crippen molar-refractivity contribution in [3.05, 3.63) is 35.1 Å². The first kappa shape index (κ1) is 13.0. The molecule has 0 spiro atoms. The first-order chi connectivity index (χ1) is 8.60. The van der Waals surface area contributed by atoms with Crippen LogP contribution in [0.5, 0.6) is 0 Å². The van der Waals surface area contributed by atoms with E-state index >= 15 is 0 Å². The van der Waals surface area contributed by atoms with E-state index in [2.05, 4.69) is 5.43 Å². The molecule has 0 aliphatic heterocycles. The summed E-state index contributed by atoms with van der Waals surface area (Å²) in [5.41, 5.74) is 3.15. The van der Waals surface area contributed by atoms with Crippen LogP contribution in [-0.4, -0.2) is 5.91 Å². The van der Waals surface area contributed by atoms with Crippen molar-refractivity contribution in [3.8, 4) is 0 Å². The van der Waals surface area contributed by atoms with E-state index in [0.29, 0.717) is 5.56 Å². The van der Waals surface area contributed by atoms with Crippen molar-refractivity contribution in [1.29, 1.82) is 0 Å². The number of nitrogens with two attached hydrogens (primary N) is 1. The molecule has 0 heterocycles. The maximum atomic E-state index is 13.3. The smallest absolute Gasteiger partial charge is 0.244 e. The molecule has 18 heavy (non-hydrogen) atoms. The number of nitrogens with one attached hydrogen (secondary N) is 1. The highest BCUT2D eigenvalue weighted by Crippen LogP contribution is 2.40. The summed E-state index contributed by atoms with van der Waals surface area (Å²) >= 11 is 0. The van der Waals surface area contributed by atoms with Crippen molar-refractivity contribution >= 4 is 5.91 Å². The van der Waals surface area contributed by atoms with Crippen LogP contribution in [0, 0.1) is 12.7 Å². The third-order valence-corrected chi connectivity index (χ3v) is 3.98. The zero-order valence-corrected chi connectivity index (χ0v) is 10.6. The highest BCUT2D eigenvalue weighted by molar-refractivity contribution is 5.87. The Labute approximate surface area is 107 Å². The lowest BCUT2D eigenvalue weighted by Crippen LogP contribution is -2.48. The van der Waals surface area contributed by atoms with Crippen LogP contribution in [0.1, 0.15) is 43.2 Å². The van der Waals surface area contributed by atoms with E-state index < -0.39 is 5.41 Å². The predicted octanol–water partition coefficient (Wildman–Crippen LogP) is 2.33. The van der Waals surface area contributed by atoms with E-state index in [0.717, 1.165) is 37.7 Å². The lowest BCUT2D eigenvalue weighted by Gasteiger charge is -2.36. The third-order valence-electron chi connectivity index (χ3n) is 3.98. The van der Waals surface area contributed by atoms with Crippen molar-refractivity contribution in [2.45, 2.75) is 44.4 Å². The lowest BCUT2D eigenvalue weighted by molar-refractivity contribution is -0.128. The van der Waals surface area contributed by atoms with Gasteiger partial charge in [0.15, 0.2) is 0 Å². The topological polar surface area (TPSA) is 55.1 Å². The number of halogens is 1. The van der Waals surface area contributed by atoms with Gasteiger partial charge in [0, 0.05) is 0 Å². The Balaban J connectivity index is 2.45. The molecule has 2 rings (SSSR count). The van der Waals surface area contributed by atoms with Gasteiger partial charge in [-0.25, -0.2) is 10.2 Å². The molecule has 1 saturated carbocycles.